The van der Waals surface area contributed by atoms with Crippen LogP contribution in [0.15, 0.2) is 29.2 Å². The van der Waals surface area contributed by atoms with Gasteiger partial charge in [0.05, 0.1) is 4.90 Å². The number of alkyl halides is 3. The maximum atomic E-state index is 12.2. The average Bonchev–Trinajstić information content (AvgIpc) is 2.43. The van der Waals surface area contributed by atoms with E-state index in [1.54, 1.807) is 19.2 Å². The first-order valence-electron chi connectivity index (χ1n) is 6.55. The maximum Gasteiger partial charge on any atom is 0.405 e. The second-order valence-electron chi connectivity index (χ2n) is 5.52. The molecule has 0 spiro atoms. The Morgan fingerprint density at radius 2 is 1.87 bits per heavy atom. The number of rotatable bonds is 6. The van der Waals surface area contributed by atoms with E-state index >= 15 is 0 Å². The van der Waals surface area contributed by atoms with Gasteiger partial charge in [-0.25, -0.2) is 13.1 Å². The molecule has 0 aliphatic rings. The maximum absolute atomic E-state index is 12.2. The zero-order chi connectivity index (χ0) is 17.9. The van der Waals surface area contributed by atoms with Gasteiger partial charge < -0.3 is 11.1 Å². The molecular formula is C13H18F3N3O3S. The second-order valence-corrected chi connectivity index (χ2v) is 7.20. The molecule has 130 valence electrons. The molecule has 10 heteroatoms. The van der Waals surface area contributed by atoms with Crippen LogP contribution in [0.1, 0.15) is 24.2 Å². The van der Waals surface area contributed by atoms with Crippen molar-refractivity contribution >= 4 is 15.9 Å². The number of sulfonamides is 1. The Hall–Kier alpha value is -1.65. The summed E-state index contributed by atoms with van der Waals surface area (Å²) in [4.78, 5) is 11.4. The van der Waals surface area contributed by atoms with E-state index < -0.39 is 34.2 Å². The molecule has 1 rings (SSSR count). The third-order valence-electron chi connectivity index (χ3n) is 2.78. The van der Waals surface area contributed by atoms with E-state index in [2.05, 4.69) is 4.72 Å². The molecule has 1 aromatic rings. The van der Waals surface area contributed by atoms with E-state index in [0.29, 0.717) is 0 Å². The molecule has 23 heavy (non-hydrogen) atoms. The fourth-order valence-corrected chi connectivity index (χ4v) is 3.02. The van der Waals surface area contributed by atoms with E-state index in [4.69, 9.17) is 5.73 Å². The van der Waals surface area contributed by atoms with Crippen LogP contribution >= 0.6 is 0 Å². The Kier molecular flexibility index (Phi) is 5.78. The Morgan fingerprint density at radius 3 is 2.39 bits per heavy atom. The fourth-order valence-electron chi connectivity index (χ4n) is 1.55. The summed E-state index contributed by atoms with van der Waals surface area (Å²) in [6.07, 6.45) is -4.55. The van der Waals surface area contributed by atoms with Crippen molar-refractivity contribution in [3.63, 3.8) is 0 Å². The van der Waals surface area contributed by atoms with Crippen molar-refractivity contribution < 1.29 is 26.4 Å². The Labute approximate surface area is 132 Å². The first kappa shape index (κ1) is 19.4. The SMILES string of the molecule is CC(C)(CN)NS(=O)(=O)c1cccc(C(=O)NCC(F)(F)F)c1. The third-order valence-corrected chi connectivity index (χ3v) is 4.47. The smallest absolute Gasteiger partial charge is 0.343 e. The average molecular weight is 353 g/mol. The van der Waals surface area contributed by atoms with Gasteiger partial charge in [-0.05, 0) is 32.0 Å². The van der Waals surface area contributed by atoms with Crippen molar-refractivity contribution in [3.8, 4) is 0 Å². The lowest BCUT2D eigenvalue weighted by Crippen LogP contribution is -2.48. The van der Waals surface area contributed by atoms with Gasteiger partial charge in [0.2, 0.25) is 10.0 Å². The molecule has 0 atom stereocenters. The third kappa shape index (κ3) is 6.16. The van der Waals surface area contributed by atoms with E-state index in [1.807, 2.05) is 0 Å². The molecule has 0 saturated heterocycles. The Balaban J connectivity index is 2.98. The van der Waals surface area contributed by atoms with Crippen molar-refractivity contribution in [2.45, 2.75) is 30.5 Å². The highest BCUT2D eigenvalue weighted by atomic mass is 32.2. The lowest BCUT2D eigenvalue weighted by molar-refractivity contribution is -0.123. The molecule has 4 N–H and O–H groups in total. The summed E-state index contributed by atoms with van der Waals surface area (Å²) in [6.45, 7) is 1.69. The predicted octanol–water partition coefficient (Wildman–Crippen LogP) is 0.994. The highest BCUT2D eigenvalue weighted by molar-refractivity contribution is 7.89. The summed E-state index contributed by atoms with van der Waals surface area (Å²) in [5, 5.41) is 1.68. The first-order chi connectivity index (χ1) is 10.4. The minimum Gasteiger partial charge on any atom is -0.343 e. The minimum atomic E-state index is -4.55. The molecule has 0 heterocycles. The standard InChI is InChI=1S/C13H18F3N3O3S/c1-12(2,7-17)19-23(21,22)10-5-3-4-9(6-10)11(20)18-8-13(14,15)16/h3-6,19H,7-8,17H2,1-2H3,(H,18,20). The molecule has 1 aromatic carbocycles. The first-order valence-corrected chi connectivity index (χ1v) is 8.04. The molecule has 0 fully saturated rings. The van der Waals surface area contributed by atoms with Gasteiger partial charge in [-0.3, -0.25) is 4.79 Å². The summed E-state index contributed by atoms with van der Waals surface area (Å²) in [5.74, 6) is -1.02. The number of carbonyl (C=O) groups excluding carboxylic acids is 1. The largest absolute Gasteiger partial charge is 0.405 e. The van der Waals surface area contributed by atoms with Crippen molar-refractivity contribution in [2.75, 3.05) is 13.1 Å². The van der Waals surface area contributed by atoms with Gasteiger partial charge in [-0.1, -0.05) is 6.07 Å². The molecule has 0 aliphatic carbocycles. The molecule has 0 aliphatic heterocycles. The van der Waals surface area contributed by atoms with E-state index in [1.165, 1.54) is 18.2 Å². The molecule has 0 unspecified atom stereocenters. The van der Waals surface area contributed by atoms with Gasteiger partial charge in [0.1, 0.15) is 6.54 Å². The van der Waals surface area contributed by atoms with E-state index in [9.17, 15) is 26.4 Å². The van der Waals surface area contributed by atoms with Crippen LogP contribution in [0.5, 0.6) is 0 Å². The van der Waals surface area contributed by atoms with Crippen LogP contribution in [-0.2, 0) is 10.0 Å². The van der Waals surface area contributed by atoms with E-state index in [0.717, 1.165) is 6.07 Å². The number of nitrogens with two attached hydrogens (primary N) is 1. The number of amides is 1. The summed E-state index contributed by atoms with van der Waals surface area (Å²) in [6, 6.07) is 4.72. The van der Waals surface area contributed by atoms with Gasteiger partial charge in [-0.15, -0.1) is 0 Å². The fraction of sp³-hybridized carbons (Fsp3) is 0.462. The number of nitrogens with one attached hydrogen (secondary N) is 2. The van der Waals surface area contributed by atoms with Crippen molar-refractivity contribution in [2.24, 2.45) is 5.73 Å². The predicted molar refractivity (Wildman–Crippen MR) is 78.3 cm³/mol. The Bertz CT molecular complexity index is 673. The zero-order valence-corrected chi connectivity index (χ0v) is 13.4. The van der Waals surface area contributed by atoms with Crippen LogP contribution < -0.4 is 15.8 Å². The molecule has 0 aromatic heterocycles. The van der Waals surface area contributed by atoms with Crippen LogP contribution in [0.3, 0.4) is 0 Å². The number of carbonyl (C=O) groups is 1. The Morgan fingerprint density at radius 1 is 1.26 bits per heavy atom. The van der Waals surface area contributed by atoms with Gasteiger partial charge >= 0.3 is 6.18 Å². The number of hydrogen-bond acceptors (Lipinski definition) is 4. The molecule has 0 bridgehead atoms. The lowest BCUT2D eigenvalue weighted by atomic mass is 10.1. The van der Waals surface area contributed by atoms with Gasteiger partial charge in [0.15, 0.2) is 0 Å². The molecule has 0 saturated carbocycles. The van der Waals surface area contributed by atoms with Gasteiger partial charge in [-0.2, -0.15) is 13.2 Å². The normalized spacial score (nSPS) is 13.0. The highest BCUT2D eigenvalue weighted by Gasteiger charge is 2.28. The summed E-state index contributed by atoms with van der Waals surface area (Å²) >= 11 is 0. The number of benzene rings is 1. The van der Waals surface area contributed by atoms with Crippen LogP contribution in [0, 0.1) is 0 Å². The van der Waals surface area contributed by atoms with Gasteiger partial charge in [0, 0.05) is 17.6 Å². The van der Waals surface area contributed by atoms with Crippen molar-refractivity contribution in [1.82, 2.24) is 10.0 Å². The number of halogens is 3. The molecular weight excluding hydrogens is 335 g/mol. The van der Waals surface area contributed by atoms with E-state index in [-0.39, 0.29) is 17.0 Å². The highest BCUT2D eigenvalue weighted by Crippen LogP contribution is 2.16. The summed E-state index contributed by atoms with van der Waals surface area (Å²) in [7, 11) is -3.96. The zero-order valence-electron chi connectivity index (χ0n) is 12.6. The topological polar surface area (TPSA) is 101 Å². The molecule has 6 nitrogen and oxygen atoms in total. The van der Waals surface area contributed by atoms with Crippen LogP contribution in [0.2, 0.25) is 0 Å². The van der Waals surface area contributed by atoms with Crippen molar-refractivity contribution in [3.05, 3.63) is 29.8 Å². The summed E-state index contributed by atoms with van der Waals surface area (Å²) in [5.41, 5.74) is 4.35. The van der Waals surface area contributed by atoms with Crippen LogP contribution in [-0.4, -0.2) is 39.1 Å². The van der Waals surface area contributed by atoms with Crippen LogP contribution in [0.4, 0.5) is 13.2 Å². The second kappa shape index (κ2) is 6.85. The monoisotopic (exact) mass is 353 g/mol. The molecule has 0 radical (unpaired) electrons. The van der Waals surface area contributed by atoms with Gasteiger partial charge in [0.25, 0.3) is 5.91 Å². The molecule has 1 amide bonds. The quantitative estimate of drug-likeness (QED) is 0.710. The van der Waals surface area contributed by atoms with Crippen molar-refractivity contribution in [1.29, 1.82) is 0 Å². The lowest BCUT2D eigenvalue weighted by Gasteiger charge is -2.24. The van der Waals surface area contributed by atoms with Crippen LogP contribution in [0.25, 0.3) is 0 Å². The summed E-state index contributed by atoms with van der Waals surface area (Å²) < 4.78 is 63.1. The number of hydrogen-bond donors (Lipinski definition) is 3. The minimum absolute atomic E-state index is 0.0397.